The van der Waals surface area contributed by atoms with E-state index in [0.29, 0.717) is 69.5 Å². The van der Waals surface area contributed by atoms with E-state index in [2.05, 4.69) is 78.5 Å². The van der Waals surface area contributed by atoms with Crippen molar-refractivity contribution in [3.63, 3.8) is 0 Å². The Morgan fingerprint density at radius 2 is 1.42 bits per heavy atom. The lowest BCUT2D eigenvalue weighted by Crippen LogP contribution is -2.65. The topological polar surface area (TPSA) is 213 Å². The lowest BCUT2D eigenvalue weighted by molar-refractivity contribution is -0.199. The molecule has 10 atom stereocenters. The van der Waals surface area contributed by atoms with E-state index < -0.39 is 72.6 Å². The number of likely N-dealkylation sites (tertiary alicyclic amines) is 1. The number of nitrogens with zero attached hydrogens (tertiary/aromatic N) is 1. The molecule has 6 rings (SSSR count). The fraction of sp³-hybridized carbons (Fsp3) is 0.771. The predicted octanol–water partition coefficient (Wildman–Crippen LogP) is 4.62. The van der Waals surface area contributed by atoms with Gasteiger partial charge in [-0.25, -0.2) is 4.79 Å². The van der Waals surface area contributed by atoms with Crippen molar-refractivity contribution in [3.05, 3.63) is 35.4 Å². The molecule has 15 nitrogen and oxygen atoms in total. The zero-order valence-electron chi connectivity index (χ0n) is 40.0. The van der Waals surface area contributed by atoms with Crippen molar-refractivity contribution < 1.29 is 38.4 Å². The number of nitrogens with two attached hydrogens (primary N) is 1. The van der Waals surface area contributed by atoms with Crippen LogP contribution >= 0.6 is 0 Å². The number of carbonyl (C=O) groups excluding carboxylic acids is 5. The molecule has 16 heteroatoms. The smallest absolute Gasteiger partial charge is 0.404 e. The molecule has 2 saturated heterocycles. The number of hydrogen-bond acceptors (Lipinski definition) is 9. The van der Waals surface area contributed by atoms with Crippen LogP contribution in [0.3, 0.4) is 0 Å². The van der Waals surface area contributed by atoms with Crippen LogP contribution in [-0.4, -0.2) is 114 Å². The molecule has 64 heavy (non-hydrogen) atoms. The van der Waals surface area contributed by atoms with Crippen molar-refractivity contribution in [1.29, 1.82) is 0 Å². The highest BCUT2D eigenvalue weighted by atomic mass is 16.7. The molecule has 3 saturated carbocycles. The normalized spacial score (nSPS) is 25.4. The lowest BCUT2D eigenvalue weighted by atomic mass is 9.43. The van der Waals surface area contributed by atoms with Gasteiger partial charge in [-0.1, -0.05) is 77.6 Å². The zero-order chi connectivity index (χ0) is 46.8. The zero-order valence-corrected chi connectivity index (χ0v) is 40.0. The second kappa shape index (κ2) is 23.1. The van der Waals surface area contributed by atoms with Gasteiger partial charge in [0, 0.05) is 13.1 Å². The van der Waals surface area contributed by atoms with Crippen LogP contribution in [0.25, 0.3) is 0 Å². The van der Waals surface area contributed by atoms with E-state index >= 15 is 0 Å². The van der Waals surface area contributed by atoms with Crippen molar-refractivity contribution in [2.75, 3.05) is 19.6 Å². The number of unbranched alkanes of at least 4 members (excludes halogenated alkanes) is 4. The Morgan fingerprint density at radius 1 is 0.797 bits per heavy atom. The SMILES string of the molecule is CCCCC[C@H](NC(=O)N1CCC(c2ccc(CCCC)cc2)CC1)C(=O)N[C@H](C(=O)N[C@@H](C)C(=O)N[C@@H](CCCCN)C(=O)N[C@@H](C)B1O[C@@H]2C[C@@H]3C[C@@H](C3(C)C)[C@]2(C)O1)[C@@H](C)O. The van der Waals surface area contributed by atoms with Crippen LogP contribution in [0.15, 0.2) is 24.3 Å². The van der Waals surface area contributed by atoms with Gasteiger partial charge in [0.25, 0.3) is 0 Å². The average molecular weight is 894 g/mol. The number of aryl methyl sites for hydroxylation is 1. The summed E-state index contributed by atoms with van der Waals surface area (Å²) in [5.41, 5.74) is 8.11. The Hall–Kier alpha value is -3.73. The van der Waals surface area contributed by atoms with Crippen molar-refractivity contribution in [3.8, 4) is 0 Å². The van der Waals surface area contributed by atoms with Gasteiger partial charge in [0.05, 0.1) is 23.8 Å². The number of aliphatic hydroxyl groups excluding tert-OH is 1. The van der Waals surface area contributed by atoms with Gasteiger partial charge in [0.15, 0.2) is 0 Å². The third kappa shape index (κ3) is 12.6. The fourth-order valence-electron chi connectivity index (χ4n) is 10.5. The van der Waals surface area contributed by atoms with E-state index in [1.807, 2.05) is 13.8 Å². The van der Waals surface area contributed by atoms with Crippen LogP contribution in [0.4, 0.5) is 4.79 Å². The molecule has 2 heterocycles. The molecular weight excluding hydrogens is 813 g/mol. The Labute approximate surface area is 382 Å². The van der Waals surface area contributed by atoms with Crippen molar-refractivity contribution in [2.45, 2.75) is 199 Å². The van der Waals surface area contributed by atoms with E-state index in [9.17, 15) is 29.1 Å². The summed E-state index contributed by atoms with van der Waals surface area (Å²) in [7, 11) is -0.638. The molecule has 3 aliphatic carbocycles. The highest BCUT2D eigenvalue weighted by Crippen LogP contribution is 2.65. The molecule has 1 aromatic rings. The summed E-state index contributed by atoms with van der Waals surface area (Å²) in [6.45, 7) is 17.2. The van der Waals surface area contributed by atoms with Crippen molar-refractivity contribution in [1.82, 2.24) is 31.5 Å². The number of hydrogen-bond donors (Lipinski definition) is 7. The van der Waals surface area contributed by atoms with E-state index in [1.54, 1.807) is 4.90 Å². The molecule has 2 aliphatic heterocycles. The maximum Gasteiger partial charge on any atom is 0.481 e. The third-order valence-corrected chi connectivity index (χ3v) is 14.9. The molecule has 0 radical (unpaired) electrons. The summed E-state index contributed by atoms with van der Waals surface area (Å²) in [5.74, 6) is -1.60. The maximum atomic E-state index is 13.8. The third-order valence-electron chi connectivity index (χ3n) is 14.9. The summed E-state index contributed by atoms with van der Waals surface area (Å²) >= 11 is 0. The maximum absolute atomic E-state index is 13.8. The number of aliphatic hydroxyl groups is 1. The Kier molecular flexibility index (Phi) is 18.5. The van der Waals surface area contributed by atoms with E-state index in [0.717, 1.165) is 51.4 Å². The van der Waals surface area contributed by atoms with E-state index in [4.69, 9.17) is 15.0 Å². The minimum absolute atomic E-state index is 0.0449. The summed E-state index contributed by atoms with van der Waals surface area (Å²) in [6.07, 6.45) is 10.0. The predicted molar refractivity (Wildman–Crippen MR) is 249 cm³/mol. The fourth-order valence-corrected chi connectivity index (χ4v) is 10.5. The molecule has 0 spiro atoms. The second-order valence-corrected chi connectivity index (χ2v) is 20.0. The number of rotatable bonds is 23. The molecule has 5 fully saturated rings. The first-order valence-electron chi connectivity index (χ1n) is 24.5. The van der Waals surface area contributed by atoms with Gasteiger partial charge in [-0.05, 0) is 133 Å². The molecule has 8 N–H and O–H groups in total. The van der Waals surface area contributed by atoms with Gasteiger partial charge in [-0.3, -0.25) is 19.2 Å². The van der Waals surface area contributed by atoms with Gasteiger partial charge in [0.2, 0.25) is 23.6 Å². The Balaban J connectivity index is 1.14. The average Bonchev–Trinajstić information content (AvgIpc) is 3.64. The number of carbonyl (C=O) groups is 5. The lowest BCUT2D eigenvalue weighted by Gasteiger charge is -2.64. The number of piperidine rings is 1. The number of benzene rings is 1. The first-order chi connectivity index (χ1) is 30.4. The number of amides is 6. The monoisotopic (exact) mass is 894 g/mol. The van der Waals surface area contributed by atoms with Crippen molar-refractivity contribution in [2.24, 2.45) is 23.0 Å². The minimum Gasteiger partial charge on any atom is -0.404 e. The van der Waals surface area contributed by atoms with Crippen LogP contribution in [0.2, 0.25) is 0 Å². The second-order valence-electron chi connectivity index (χ2n) is 20.0. The highest BCUT2D eigenvalue weighted by Gasteiger charge is 2.68. The molecular formula is C48H80BN7O8. The standard InChI is InChI=1S/C48H80BN7O8/c1-9-11-13-17-38(54-46(62)56-26-23-35(24-27-56)34-21-19-33(20-22-34)16-12-10-2)44(60)55-41(31(4)57)45(61)51-30(3)42(58)53-37(18-14-15-25-50)43(59)52-32(5)49-63-40-29-36-28-39(47(36,6)7)48(40,8)64-49/h19-22,30-32,35-41,57H,9-18,23-29,50H2,1-8H3,(H,51,61)(H,52,59)(H,53,58)(H,54,62)(H,55,60)/t30-,31+,32-,36-,37-,38-,39-,40+,41-,48-/m0/s1. The molecule has 0 unspecified atom stereocenters. The van der Waals surface area contributed by atoms with Gasteiger partial charge in [-0.2, -0.15) is 0 Å². The molecule has 358 valence electrons. The summed E-state index contributed by atoms with van der Waals surface area (Å²) in [6, 6.07) is 4.06. The Morgan fingerprint density at radius 3 is 2.03 bits per heavy atom. The van der Waals surface area contributed by atoms with Gasteiger partial charge in [0.1, 0.15) is 24.2 Å². The highest BCUT2D eigenvalue weighted by molar-refractivity contribution is 6.47. The number of urea groups is 1. The van der Waals surface area contributed by atoms with Crippen LogP contribution in [0.5, 0.6) is 0 Å². The molecule has 1 aromatic carbocycles. The van der Waals surface area contributed by atoms with Gasteiger partial charge < -0.3 is 51.6 Å². The van der Waals surface area contributed by atoms with Gasteiger partial charge >= 0.3 is 13.1 Å². The largest absolute Gasteiger partial charge is 0.481 e. The van der Waals surface area contributed by atoms with Crippen LogP contribution in [0, 0.1) is 17.3 Å². The van der Waals surface area contributed by atoms with E-state index in [1.165, 1.54) is 31.4 Å². The summed E-state index contributed by atoms with van der Waals surface area (Å²) in [4.78, 5) is 70.1. The molecule has 0 aromatic heterocycles. The van der Waals surface area contributed by atoms with Gasteiger partial charge in [-0.15, -0.1) is 0 Å². The molecule has 5 aliphatic rings. The van der Waals surface area contributed by atoms with Crippen molar-refractivity contribution >= 4 is 36.8 Å². The minimum atomic E-state index is -1.42. The molecule has 6 amide bonds. The number of nitrogens with one attached hydrogen (secondary N) is 5. The quantitative estimate of drug-likeness (QED) is 0.0603. The van der Waals surface area contributed by atoms with E-state index in [-0.39, 0.29) is 17.6 Å². The van der Waals surface area contributed by atoms with Crippen LogP contribution < -0.4 is 32.3 Å². The molecule has 2 bridgehead atoms. The first kappa shape index (κ1) is 51.3. The summed E-state index contributed by atoms with van der Waals surface area (Å²) < 4.78 is 13.0. The first-order valence-corrected chi connectivity index (χ1v) is 24.5. The van der Waals surface area contributed by atoms with Crippen LogP contribution in [0.1, 0.15) is 156 Å². The Bertz CT molecular complexity index is 1730. The van der Waals surface area contributed by atoms with Crippen LogP contribution in [-0.2, 0) is 34.9 Å². The summed E-state index contributed by atoms with van der Waals surface area (Å²) in [5, 5.41) is 24.7.